The Morgan fingerprint density at radius 1 is 1.21 bits per heavy atom. The summed E-state index contributed by atoms with van der Waals surface area (Å²) in [5.74, 6) is -1.36. The number of hydrogen-bond acceptors (Lipinski definition) is 9. The second-order valence-corrected chi connectivity index (χ2v) is 5.65. The maximum absolute atomic E-state index is 11.8. The number of amides is 1. The number of non-ortho nitro benzene ring substituents is 1. The van der Waals surface area contributed by atoms with Crippen LogP contribution in [0.4, 0.5) is 11.4 Å². The number of nitrogens with one attached hydrogen (secondary N) is 1. The number of nitro benzene ring substituents is 2. The van der Waals surface area contributed by atoms with Gasteiger partial charge in [0.05, 0.1) is 29.2 Å². The number of methoxy groups -OCH3 is 1. The van der Waals surface area contributed by atoms with Gasteiger partial charge >= 0.3 is 5.69 Å². The smallest absolute Gasteiger partial charge is 0.311 e. The van der Waals surface area contributed by atoms with Crippen LogP contribution in [0.3, 0.4) is 0 Å². The van der Waals surface area contributed by atoms with Gasteiger partial charge in [-0.2, -0.15) is 5.10 Å². The van der Waals surface area contributed by atoms with Crippen LogP contribution >= 0.6 is 0 Å². The summed E-state index contributed by atoms with van der Waals surface area (Å²) in [6, 6.07) is 6.35. The van der Waals surface area contributed by atoms with Crippen molar-refractivity contribution in [2.24, 2.45) is 5.10 Å². The lowest BCUT2D eigenvalue weighted by atomic mass is 10.2. The second kappa shape index (κ2) is 9.12. The number of benzene rings is 2. The molecule has 2 aromatic rings. The van der Waals surface area contributed by atoms with Gasteiger partial charge in [-0.1, -0.05) is 6.07 Å². The minimum atomic E-state index is -0.743. The lowest BCUT2D eigenvalue weighted by Crippen LogP contribution is -2.24. The van der Waals surface area contributed by atoms with E-state index in [0.717, 1.165) is 18.3 Å². The van der Waals surface area contributed by atoms with E-state index in [1.165, 1.54) is 19.2 Å². The van der Waals surface area contributed by atoms with Crippen LogP contribution in [0.15, 0.2) is 35.4 Å². The molecule has 1 amide bonds. The number of nitro groups is 2. The molecule has 0 unspecified atom stereocenters. The summed E-state index contributed by atoms with van der Waals surface area (Å²) in [5, 5.41) is 35.5. The number of hydrogen-bond donors (Lipinski definition) is 2. The Balaban J connectivity index is 2.05. The fourth-order valence-corrected chi connectivity index (χ4v) is 2.22. The van der Waals surface area contributed by atoms with Gasteiger partial charge in [-0.3, -0.25) is 25.0 Å². The number of aromatic hydroxyl groups is 1. The molecule has 0 aliphatic rings. The third kappa shape index (κ3) is 5.38. The first-order valence-electron chi connectivity index (χ1n) is 7.98. The van der Waals surface area contributed by atoms with E-state index in [0.29, 0.717) is 5.56 Å². The van der Waals surface area contributed by atoms with Crippen molar-refractivity contribution in [3.05, 3.63) is 61.7 Å². The number of rotatable bonds is 8. The molecule has 0 heterocycles. The van der Waals surface area contributed by atoms with Crippen LogP contribution in [0.25, 0.3) is 0 Å². The summed E-state index contributed by atoms with van der Waals surface area (Å²) in [6.07, 6.45) is 0.983. The number of phenols is 1. The fraction of sp³-hybridized carbons (Fsp3) is 0.176. The quantitative estimate of drug-likeness (QED) is 0.383. The van der Waals surface area contributed by atoms with Crippen LogP contribution in [0.1, 0.15) is 11.1 Å². The van der Waals surface area contributed by atoms with Gasteiger partial charge in [-0.05, 0) is 18.6 Å². The maximum Gasteiger partial charge on any atom is 0.311 e. The highest BCUT2D eigenvalue weighted by atomic mass is 16.6. The molecule has 0 radical (unpaired) electrons. The van der Waals surface area contributed by atoms with Crippen molar-refractivity contribution < 1.29 is 29.2 Å². The molecule has 0 saturated carbocycles. The van der Waals surface area contributed by atoms with E-state index < -0.39 is 28.1 Å². The van der Waals surface area contributed by atoms with Crippen molar-refractivity contribution in [2.75, 3.05) is 13.7 Å². The molecule has 0 bridgehead atoms. The summed E-state index contributed by atoms with van der Waals surface area (Å²) >= 11 is 0. The van der Waals surface area contributed by atoms with Gasteiger partial charge in [0.25, 0.3) is 11.6 Å². The van der Waals surface area contributed by atoms with E-state index >= 15 is 0 Å². The van der Waals surface area contributed by atoms with Crippen LogP contribution in [0, 0.1) is 27.2 Å². The average molecular weight is 404 g/mol. The van der Waals surface area contributed by atoms with Gasteiger partial charge in [0.2, 0.25) is 0 Å². The van der Waals surface area contributed by atoms with E-state index in [4.69, 9.17) is 9.47 Å². The third-order valence-electron chi connectivity index (χ3n) is 3.58. The molecule has 152 valence electrons. The molecule has 2 rings (SSSR count). The largest absolute Gasteiger partial charge is 0.504 e. The van der Waals surface area contributed by atoms with Crippen LogP contribution < -0.4 is 14.9 Å². The highest BCUT2D eigenvalue weighted by Crippen LogP contribution is 2.33. The van der Waals surface area contributed by atoms with E-state index in [9.17, 15) is 30.1 Å². The van der Waals surface area contributed by atoms with Gasteiger partial charge in [-0.15, -0.1) is 0 Å². The molecule has 2 N–H and O–H groups in total. The lowest BCUT2D eigenvalue weighted by molar-refractivity contribution is -0.385. The summed E-state index contributed by atoms with van der Waals surface area (Å²) < 4.78 is 9.99. The molecule has 29 heavy (non-hydrogen) atoms. The van der Waals surface area contributed by atoms with Gasteiger partial charge in [0, 0.05) is 17.7 Å². The van der Waals surface area contributed by atoms with E-state index in [-0.39, 0.29) is 28.4 Å². The predicted molar refractivity (Wildman–Crippen MR) is 100 cm³/mol. The fourth-order valence-electron chi connectivity index (χ4n) is 2.22. The second-order valence-electron chi connectivity index (χ2n) is 5.65. The van der Waals surface area contributed by atoms with Crippen molar-refractivity contribution in [1.82, 2.24) is 5.43 Å². The van der Waals surface area contributed by atoms with Crippen molar-refractivity contribution in [2.45, 2.75) is 6.92 Å². The normalized spacial score (nSPS) is 10.6. The van der Waals surface area contributed by atoms with Crippen LogP contribution in [0.2, 0.25) is 0 Å². The van der Waals surface area contributed by atoms with Gasteiger partial charge in [-0.25, -0.2) is 5.43 Å². The first-order chi connectivity index (χ1) is 13.7. The number of aryl methyl sites for hydroxylation is 1. The number of nitrogens with zero attached hydrogens (tertiary/aromatic N) is 3. The predicted octanol–water partition coefficient (Wildman–Crippen LogP) is 2.05. The first kappa shape index (κ1) is 21.1. The highest BCUT2D eigenvalue weighted by molar-refractivity contribution is 5.87. The molecule has 0 aliphatic carbocycles. The Morgan fingerprint density at radius 2 is 1.93 bits per heavy atom. The zero-order valence-electron chi connectivity index (χ0n) is 15.3. The van der Waals surface area contributed by atoms with Crippen molar-refractivity contribution in [1.29, 1.82) is 0 Å². The SMILES string of the molecule is COc1cc([N+](=O)[O-])cc(/C=N/NC(=O)COc2ccc(C)cc2[N+](=O)[O-])c1O. The molecular formula is C17H16N4O8. The summed E-state index contributed by atoms with van der Waals surface area (Å²) in [7, 11) is 1.23. The summed E-state index contributed by atoms with van der Waals surface area (Å²) in [5.41, 5.74) is 2.06. The maximum atomic E-state index is 11.8. The number of hydrazone groups is 1. The number of carbonyl (C=O) groups excluding carboxylic acids is 1. The summed E-state index contributed by atoms with van der Waals surface area (Å²) in [4.78, 5) is 32.5. The van der Waals surface area contributed by atoms with Gasteiger partial charge < -0.3 is 14.6 Å². The monoisotopic (exact) mass is 404 g/mol. The Morgan fingerprint density at radius 3 is 2.55 bits per heavy atom. The number of ether oxygens (including phenoxy) is 2. The molecule has 12 nitrogen and oxygen atoms in total. The molecule has 0 fully saturated rings. The molecule has 0 saturated heterocycles. The first-order valence-corrected chi connectivity index (χ1v) is 7.98. The molecular weight excluding hydrogens is 388 g/mol. The molecule has 0 aliphatic heterocycles. The topological polar surface area (TPSA) is 166 Å². The van der Waals surface area contributed by atoms with E-state index in [2.05, 4.69) is 10.5 Å². The zero-order valence-corrected chi connectivity index (χ0v) is 15.3. The van der Waals surface area contributed by atoms with Crippen LogP contribution in [-0.4, -0.2) is 40.8 Å². The number of phenolic OH excluding ortho intramolecular Hbond substituents is 1. The van der Waals surface area contributed by atoms with E-state index in [1.54, 1.807) is 13.0 Å². The van der Waals surface area contributed by atoms with Crippen molar-refractivity contribution >= 4 is 23.5 Å². The van der Waals surface area contributed by atoms with Gasteiger partial charge in [0.15, 0.2) is 23.9 Å². The molecule has 0 atom stereocenters. The highest BCUT2D eigenvalue weighted by Gasteiger charge is 2.17. The van der Waals surface area contributed by atoms with Crippen molar-refractivity contribution in [3.63, 3.8) is 0 Å². The standard InChI is InChI=1S/C17H16N4O8/c1-10-3-4-14(13(5-10)21(26)27)29-9-16(22)19-18-8-11-6-12(20(24)25)7-15(28-2)17(11)23/h3-8,23H,9H2,1-2H3,(H,19,22)/b18-8+. The minimum Gasteiger partial charge on any atom is -0.504 e. The van der Waals surface area contributed by atoms with Crippen molar-refractivity contribution in [3.8, 4) is 17.2 Å². The minimum absolute atomic E-state index is 0.0635. The molecule has 12 heteroatoms. The Labute approximate surface area is 163 Å². The Kier molecular flexibility index (Phi) is 6.63. The summed E-state index contributed by atoms with van der Waals surface area (Å²) in [6.45, 7) is 1.11. The Bertz CT molecular complexity index is 990. The average Bonchev–Trinajstić information content (AvgIpc) is 2.67. The third-order valence-corrected chi connectivity index (χ3v) is 3.58. The molecule has 0 spiro atoms. The van der Waals surface area contributed by atoms with E-state index in [1.807, 2.05) is 0 Å². The zero-order chi connectivity index (χ0) is 21.6. The molecule has 0 aromatic heterocycles. The Hall–Kier alpha value is -4.22. The number of carbonyl (C=O) groups is 1. The van der Waals surface area contributed by atoms with Gasteiger partial charge in [0.1, 0.15) is 0 Å². The molecule has 2 aromatic carbocycles. The van der Waals surface area contributed by atoms with Crippen LogP contribution in [-0.2, 0) is 4.79 Å². The van der Waals surface area contributed by atoms with Crippen LogP contribution in [0.5, 0.6) is 17.2 Å². The lowest BCUT2D eigenvalue weighted by Gasteiger charge is -2.07.